The second kappa shape index (κ2) is 5.16. The third kappa shape index (κ3) is 2.31. The van der Waals surface area contributed by atoms with E-state index in [1.807, 2.05) is 19.1 Å². The number of hydrogen-bond acceptors (Lipinski definition) is 3. The molecule has 0 spiro atoms. The third-order valence-electron chi connectivity index (χ3n) is 3.38. The molecule has 1 aromatic rings. The van der Waals surface area contributed by atoms with Crippen LogP contribution in [0.4, 0.5) is 0 Å². The lowest BCUT2D eigenvalue weighted by molar-refractivity contribution is -0.141. The van der Waals surface area contributed by atoms with Crippen molar-refractivity contribution < 1.29 is 14.6 Å². The van der Waals surface area contributed by atoms with Crippen LogP contribution in [-0.2, 0) is 4.79 Å². The van der Waals surface area contributed by atoms with Crippen LogP contribution in [0.1, 0.15) is 23.6 Å². The van der Waals surface area contributed by atoms with Crippen molar-refractivity contribution in [1.29, 1.82) is 0 Å². The van der Waals surface area contributed by atoms with Gasteiger partial charge in [0.05, 0.1) is 18.1 Å². The number of carboxylic acids is 1. The molecule has 1 heterocycles. The van der Waals surface area contributed by atoms with Crippen LogP contribution in [0.25, 0.3) is 0 Å². The summed E-state index contributed by atoms with van der Waals surface area (Å²) in [4.78, 5) is 11.0. The smallest absolute Gasteiger partial charge is 0.307 e. The molecule has 1 aliphatic rings. The van der Waals surface area contributed by atoms with E-state index in [9.17, 15) is 4.79 Å². The summed E-state index contributed by atoms with van der Waals surface area (Å²) in [5.74, 6) is -0.470. The SMILES string of the molecule is COc1c(C2CC(C(=O)O)CN2)ccc(C)c1Cl. The Morgan fingerprint density at radius 3 is 2.83 bits per heavy atom. The van der Waals surface area contributed by atoms with E-state index in [1.54, 1.807) is 7.11 Å². The number of methoxy groups -OCH3 is 1. The highest BCUT2D eigenvalue weighted by Gasteiger charge is 2.32. The average Bonchev–Trinajstić information content (AvgIpc) is 2.82. The van der Waals surface area contributed by atoms with E-state index in [0.29, 0.717) is 23.7 Å². The van der Waals surface area contributed by atoms with E-state index in [4.69, 9.17) is 21.4 Å². The molecule has 1 aliphatic heterocycles. The maximum Gasteiger partial charge on any atom is 0.307 e. The van der Waals surface area contributed by atoms with Gasteiger partial charge in [-0.05, 0) is 18.9 Å². The molecule has 0 saturated carbocycles. The number of aliphatic carboxylic acids is 1. The maximum absolute atomic E-state index is 11.0. The highest BCUT2D eigenvalue weighted by atomic mass is 35.5. The van der Waals surface area contributed by atoms with Crippen LogP contribution in [-0.4, -0.2) is 24.7 Å². The quantitative estimate of drug-likeness (QED) is 0.885. The number of benzene rings is 1. The standard InChI is InChI=1S/C13H16ClNO3/c1-7-3-4-9(12(18-2)11(7)14)10-5-8(6-15-10)13(16)17/h3-4,8,10,15H,5-6H2,1-2H3,(H,16,17). The molecule has 2 unspecified atom stereocenters. The molecule has 0 radical (unpaired) electrons. The molecule has 0 aromatic heterocycles. The number of carboxylic acid groups (broad SMARTS) is 1. The summed E-state index contributed by atoms with van der Waals surface area (Å²) in [5.41, 5.74) is 1.88. The second-order valence-corrected chi connectivity index (χ2v) is 4.93. The number of halogens is 1. The van der Waals surface area contributed by atoms with Crippen molar-refractivity contribution in [2.24, 2.45) is 5.92 Å². The van der Waals surface area contributed by atoms with Gasteiger partial charge in [0, 0.05) is 18.2 Å². The Bertz CT molecular complexity index is 476. The van der Waals surface area contributed by atoms with Gasteiger partial charge >= 0.3 is 5.97 Å². The first-order valence-electron chi connectivity index (χ1n) is 5.83. The molecule has 0 bridgehead atoms. The first-order chi connectivity index (χ1) is 8.54. The van der Waals surface area contributed by atoms with Gasteiger partial charge in [-0.3, -0.25) is 4.79 Å². The molecule has 2 rings (SSSR count). The zero-order valence-corrected chi connectivity index (χ0v) is 11.1. The lowest BCUT2D eigenvalue weighted by Crippen LogP contribution is -2.17. The predicted molar refractivity (Wildman–Crippen MR) is 69.2 cm³/mol. The summed E-state index contributed by atoms with van der Waals surface area (Å²) in [6.45, 7) is 2.39. The molecule has 18 heavy (non-hydrogen) atoms. The van der Waals surface area contributed by atoms with Crippen LogP contribution in [0.5, 0.6) is 5.75 Å². The van der Waals surface area contributed by atoms with E-state index in [2.05, 4.69) is 5.32 Å². The molecule has 98 valence electrons. The Labute approximate surface area is 111 Å². The van der Waals surface area contributed by atoms with Gasteiger partial charge in [0.15, 0.2) is 0 Å². The Morgan fingerprint density at radius 1 is 1.56 bits per heavy atom. The molecule has 1 aromatic carbocycles. The zero-order chi connectivity index (χ0) is 13.3. The number of rotatable bonds is 3. The molecule has 0 aliphatic carbocycles. The lowest BCUT2D eigenvalue weighted by atomic mass is 9.98. The maximum atomic E-state index is 11.0. The van der Waals surface area contributed by atoms with Crippen LogP contribution in [0.15, 0.2) is 12.1 Å². The van der Waals surface area contributed by atoms with Crippen molar-refractivity contribution in [3.63, 3.8) is 0 Å². The molecule has 5 heteroatoms. The number of nitrogens with one attached hydrogen (secondary N) is 1. The molecule has 0 amide bonds. The van der Waals surface area contributed by atoms with Gasteiger partial charge in [-0.25, -0.2) is 0 Å². The van der Waals surface area contributed by atoms with Crippen molar-refractivity contribution in [3.8, 4) is 5.75 Å². The highest BCUT2D eigenvalue weighted by molar-refractivity contribution is 6.33. The summed E-state index contributed by atoms with van der Waals surface area (Å²) >= 11 is 6.21. The average molecular weight is 270 g/mol. The second-order valence-electron chi connectivity index (χ2n) is 4.55. The third-order valence-corrected chi connectivity index (χ3v) is 3.85. The summed E-state index contributed by atoms with van der Waals surface area (Å²) in [7, 11) is 1.58. The van der Waals surface area contributed by atoms with E-state index < -0.39 is 5.97 Å². The van der Waals surface area contributed by atoms with Crippen molar-refractivity contribution >= 4 is 17.6 Å². The van der Waals surface area contributed by atoms with Crippen molar-refractivity contribution in [1.82, 2.24) is 5.32 Å². The van der Waals surface area contributed by atoms with Crippen LogP contribution >= 0.6 is 11.6 Å². The van der Waals surface area contributed by atoms with Crippen LogP contribution in [0, 0.1) is 12.8 Å². The fourth-order valence-corrected chi connectivity index (χ4v) is 2.56. The number of carbonyl (C=O) groups is 1. The zero-order valence-electron chi connectivity index (χ0n) is 10.4. The number of ether oxygens (including phenoxy) is 1. The summed E-state index contributed by atoms with van der Waals surface area (Å²) in [6.07, 6.45) is 0.561. The van der Waals surface area contributed by atoms with Gasteiger partial charge in [-0.1, -0.05) is 23.7 Å². The largest absolute Gasteiger partial charge is 0.495 e. The van der Waals surface area contributed by atoms with E-state index >= 15 is 0 Å². The van der Waals surface area contributed by atoms with Gasteiger partial charge in [0.25, 0.3) is 0 Å². The Balaban J connectivity index is 2.30. The van der Waals surface area contributed by atoms with Crippen LogP contribution in [0.2, 0.25) is 5.02 Å². The van der Waals surface area contributed by atoms with Crippen molar-refractivity contribution in [2.45, 2.75) is 19.4 Å². The molecule has 1 saturated heterocycles. The summed E-state index contributed by atoms with van der Waals surface area (Å²) in [5, 5.41) is 12.8. The van der Waals surface area contributed by atoms with Crippen LogP contribution < -0.4 is 10.1 Å². The monoisotopic (exact) mass is 269 g/mol. The minimum absolute atomic E-state index is 0.0147. The first kappa shape index (κ1) is 13.2. The van der Waals surface area contributed by atoms with Gasteiger partial charge in [0.2, 0.25) is 0 Å². The fourth-order valence-electron chi connectivity index (χ4n) is 2.31. The topological polar surface area (TPSA) is 58.6 Å². The molecule has 2 N–H and O–H groups in total. The van der Waals surface area contributed by atoms with Crippen molar-refractivity contribution in [2.75, 3.05) is 13.7 Å². The van der Waals surface area contributed by atoms with Gasteiger partial charge < -0.3 is 15.2 Å². The number of hydrogen-bond donors (Lipinski definition) is 2. The normalized spacial score (nSPS) is 23.1. The van der Waals surface area contributed by atoms with Crippen LogP contribution in [0.3, 0.4) is 0 Å². The van der Waals surface area contributed by atoms with E-state index in [-0.39, 0.29) is 12.0 Å². The molecule has 4 nitrogen and oxygen atoms in total. The minimum atomic E-state index is -0.762. The molecule has 1 fully saturated rings. The fraction of sp³-hybridized carbons (Fsp3) is 0.462. The highest BCUT2D eigenvalue weighted by Crippen LogP contribution is 2.38. The Hall–Kier alpha value is -1.26. The van der Waals surface area contributed by atoms with Gasteiger partial charge in [-0.2, -0.15) is 0 Å². The minimum Gasteiger partial charge on any atom is -0.495 e. The van der Waals surface area contributed by atoms with Crippen molar-refractivity contribution in [3.05, 3.63) is 28.3 Å². The van der Waals surface area contributed by atoms with E-state index in [1.165, 1.54) is 0 Å². The van der Waals surface area contributed by atoms with Gasteiger partial charge in [-0.15, -0.1) is 0 Å². The Morgan fingerprint density at radius 2 is 2.28 bits per heavy atom. The molecular formula is C13H16ClNO3. The molecule has 2 atom stereocenters. The van der Waals surface area contributed by atoms with Gasteiger partial charge in [0.1, 0.15) is 5.75 Å². The Kier molecular flexibility index (Phi) is 3.78. The summed E-state index contributed by atoms with van der Waals surface area (Å²) in [6, 6.07) is 3.86. The number of aryl methyl sites for hydroxylation is 1. The summed E-state index contributed by atoms with van der Waals surface area (Å²) < 4.78 is 5.35. The predicted octanol–water partition coefficient (Wildman–Crippen LogP) is 2.39. The lowest BCUT2D eigenvalue weighted by Gasteiger charge is -2.17. The molecular weight excluding hydrogens is 254 g/mol. The first-order valence-corrected chi connectivity index (χ1v) is 6.21. The van der Waals surface area contributed by atoms with E-state index in [0.717, 1.165) is 11.1 Å².